The molecule has 0 bridgehead atoms. The monoisotopic (exact) mass is 386 g/mol. The van der Waals surface area contributed by atoms with Crippen molar-refractivity contribution in [2.45, 2.75) is 51.0 Å². The molecule has 0 unspecified atom stereocenters. The van der Waals surface area contributed by atoms with Gasteiger partial charge >= 0.3 is 0 Å². The summed E-state index contributed by atoms with van der Waals surface area (Å²) in [6.45, 7) is 6.31. The Bertz CT molecular complexity index is 920. The minimum absolute atomic E-state index is 0.0855. The van der Waals surface area contributed by atoms with Crippen LogP contribution in [0, 0.1) is 0 Å². The van der Waals surface area contributed by atoms with E-state index in [1.165, 1.54) is 23.3 Å². The predicted octanol–water partition coefficient (Wildman–Crippen LogP) is 3.53. The fraction of sp³-hybridized carbons (Fsp3) is 0.381. The van der Waals surface area contributed by atoms with E-state index in [4.69, 9.17) is 0 Å². The molecule has 144 valence electrons. The van der Waals surface area contributed by atoms with Crippen molar-refractivity contribution in [3.05, 3.63) is 59.2 Å². The van der Waals surface area contributed by atoms with Crippen LogP contribution in [0.15, 0.2) is 47.4 Å². The Morgan fingerprint density at radius 1 is 1.15 bits per heavy atom. The van der Waals surface area contributed by atoms with Crippen molar-refractivity contribution in [3.8, 4) is 0 Å². The van der Waals surface area contributed by atoms with Gasteiger partial charge < -0.3 is 4.90 Å². The highest BCUT2D eigenvalue weighted by Crippen LogP contribution is 2.32. The number of fused-ring (bicyclic) bond motifs is 1. The summed E-state index contributed by atoms with van der Waals surface area (Å²) in [7, 11) is -3.56. The van der Waals surface area contributed by atoms with Gasteiger partial charge in [0.1, 0.15) is 0 Å². The molecule has 27 heavy (non-hydrogen) atoms. The first-order chi connectivity index (χ1) is 12.8. The summed E-state index contributed by atoms with van der Waals surface area (Å²) in [4.78, 5) is 15.1. The van der Waals surface area contributed by atoms with Gasteiger partial charge in [-0.25, -0.2) is 13.1 Å². The molecule has 0 aliphatic carbocycles. The van der Waals surface area contributed by atoms with Crippen LogP contribution in [0.1, 0.15) is 48.7 Å². The van der Waals surface area contributed by atoms with Gasteiger partial charge in [0.15, 0.2) is 0 Å². The van der Waals surface area contributed by atoms with E-state index in [1.54, 1.807) is 26.0 Å². The summed E-state index contributed by atoms with van der Waals surface area (Å²) in [5, 5.41) is 0. The highest BCUT2D eigenvalue weighted by molar-refractivity contribution is 7.89. The number of benzene rings is 2. The summed E-state index contributed by atoms with van der Waals surface area (Å²) >= 11 is 0. The fourth-order valence-electron chi connectivity index (χ4n) is 3.53. The zero-order chi connectivity index (χ0) is 19.6. The van der Waals surface area contributed by atoms with E-state index in [9.17, 15) is 13.2 Å². The van der Waals surface area contributed by atoms with Gasteiger partial charge in [-0.3, -0.25) is 4.79 Å². The zero-order valence-corrected chi connectivity index (χ0v) is 16.8. The maximum Gasteiger partial charge on any atom is 0.258 e. The molecule has 0 atom stereocenters. The van der Waals surface area contributed by atoms with E-state index < -0.39 is 10.0 Å². The Morgan fingerprint density at radius 2 is 1.85 bits per heavy atom. The number of para-hydroxylation sites is 1. The third kappa shape index (κ3) is 4.06. The Balaban J connectivity index is 1.90. The lowest BCUT2D eigenvalue weighted by Gasteiger charge is -2.31. The average Bonchev–Trinajstić information content (AvgIpc) is 2.65. The van der Waals surface area contributed by atoms with Crippen LogP contribution in [0.5, 0.6) is 0 Å². The zero-order valence-electron chi connectivity index (χ0n) is 16.0. The van der Waals surface area contributed by atoms with Crippen LogP contribution in [0.2, 0.25) is 0 Å². The third-order valence-electron chi connectivity index (χ3n) is 4.73. The van der Waals surface area contributed by atoms with Crippen LogP contribution >= 0.6 is 0 Å². The standard InChI is InChI=1S/C21H26N2O3S/c1-4-16-7-5-8-17-9-6-14-23(20(16)17)21(24)18-10-12-19(13-11-18)27(25,26)22-15(2)3/h5,7-8,10-13,15,22H,4,6,9,14H2,1-3H3. The molecule has 1 N–H and O–H groups in total. The number of nitrogens with one attached hydrogen (secondary N) is 1. The smallest absolute Gasteiger partial charge is 0.258 e. The molecule has 6 heteroatoms. The van der Waals surface area contributed by atoms with Gasteiger partial charge in [-0.2, -0.15) is 0 Å². The first-order valence-corrected chi connectivity index (χ1v) is 10.9. The van der Waals surface area contributed by atoms with Gasteiger partial charge in [0.05, 0.1) is 10.6 Å². The van der Waals surface area contributed by atoms with Gasteiger partial charge in [-0.05, 0) is 68.5 Å². The molecule has 1 aliphatic rings. The van der Waals surface area contributed by atoms with E-state index >= 15 is 0 Å². The molecule has 0 saturated heterocycles. The number of nitrogens with zero attached hydrogens (tertiary/aromatic N) is 1. The lowest BCUT2D eigenvalue weighted by molar-refractivity contribution is 0.0985. The fourth-order valence-corrected chi connectivity index (χ4v) is 4.78. The Hall–Kier alpha value is -2.18. The summed E-state index contributed by atoms with van der Waals surface area (Å²) in [5.41, 5.74) is 3.89. The quantitative estimate of drug-likeness (QED) is 0.855. The first-order valence-electron chi connectivity index (χ1n) is 9.38. The highest BCUT2D eigenvalue weighted by Gasteiger charge is 2.26. The summed E-state index contributed by atoms with van der Waals surface area (Å²) < 4.78 is 27.1. The summed E-state index contributed by atoms with van der Waals surface area (Å²) in [6.07, 6.45) is 2.77. The number of aryl methyl sites for hydroxylation is 2. The number of carbonyl (C=O) groups excluding carboxylic acids is 1. The van der Waals surface area contributed by atoms with Gasteiger partial charge in [0.25, 0.3) is 5.91 Å². The maximum absolute atomic E-state index is 13.1. The first kappa shape index (κ1) is 19.6. The van der Waals surface area contributed by atoms with Crippen LogP contribution in [-0.2, 0) is 22.9 Å². The van der Waals surface area contributed by atoms with Crippen molar-refractivity contribution in [1.29, 1.82) is 0 Å². The van der Waals surface area contributed by atoms with Gasteiger partial charge in [0, 0.05) is 18.2 Å². The molecule has 0 aromatic heterocycles. The number of hydrogen-bond acceptors (Lipinski definition) is 3. The third-order valence-corrected chi connectivity index (χ3v) is 6.40. The molecular formula is C21H26N2O3S. The van der Waals surface area contributed by atoms with Crippen LogP contribution in [0.25, 0.3) is 0 Å². The summed E-state index contributed by atoms with van der Waals surface area (Å²) in [5.74, 6) is -0.0855. The average molecular weight is 387 g/mol. The molecule has 1 aliphatic heterocycles. The number of rotatable bonds is 5. The minimum Gasteiger partial charge on any atom is -0.308 e. The topological polar surface area (TPSA) is 66.5 Å². The van der Waals surface area contributed by atoms with Crippen molar-refractivity contribution in [3.63, 3.8) is 0 Å². The number of sulfonamides is 1. The molecule has 2 aromatic carbocycles. The van der Waals surface area contributed by atoms with Crippen LogP contribution in [-0.4, -0.2) is 26.9 Å². The van der Waals surface area contributed by atoms with Crippen molar-refractivity contribution in [2.24, 2.45) is 0 Å². The van der Waals surface area contributed by atoms with Gasteiger partial charge in [-0.1, -0.05) is 25.1 Å². The molecule has 0 radical (unpaired) electrons. The van der Waals surface area contributed by atoms with Crippen molar-refractivity contribution in [1.82, 2.24) is 4.72 Å². The van der Waals surface area contributed by atoms with Crippen LogP contribution < -0.4 is 9.62 Å². The molecular weight excluding hydrogens is 360 g/mol. The second-order valence-electron chi connectivity index (χ2n) is 7.14. The van der Waals surface area contributed by atoms with Crippen molar-refractivity contribution in [2.75, 3.05) is 11.4 Å². The molecule has 1 heterocycles. The normalized spacial score (nSPS) is 14.3. The van der Waals surface area contributed by atoms with E-state index in [0.717, 1.165) is 24.9 Å². The lowest BCUT2D eigenvalue weighted by atomic mass is 9.96. The van der Waals surface area contributed by atoms with E-state index in [2.05, 4.69) is 23.8 Å². The SMILES string of the molecule is CCc1cccc2c1N(C(=O)c1ccc(S(=O)(=O)NC(C)C)cc1)CCC2. The largest absolute Gasteiger partial charge is 0.308 e. The molecule has 0 fully saturated rings. The number of anilines is 1. The van der Waals surface area contributed by atoms with E-state index in [0.29, 0.717) is 12.1 Å². The van der Waals surface area contributed by atoms with E-state index in [-0.39, 0.29) is 16.8 Å². The van der Waals surface area contributed by atoms with Gasteiger partial charge in [-0.15, -0.1) is 0 Å². The van der Waals surface area contributed by atoms with Crippen molar-refractivity contribution < 1.29 is 13.2 Å². The second kappa shape index (κ2) is 7.82. The number of hydrogen-bond donors (Lipinski definition) is 1. The predicted molar refractivity (Wildman–Crippen MR) is 108 cm³/mol. The number of amides is 1. The van der Waals surface area contributed by atoms with Crippen LogP contribution in [0.4, 0.5) is 5.69 Å². The molecule has 2 aromatic rings. The Morgan fingerprint density at radius 3 is 2.48 bits per heavy atom. The lowest BCUT2D eigenvalue weighted by Crippen LogP contribution is -2.36. The minimum atomic E-state index is -3.56. The van der Waals surface area contributed by atoms with Crippen molar-refractivity contribution >= 4 is 21.6 Å². The molecule has 0 saturated carbocycles. The Kier molecular flexibility index (Phi) is 5.67. The highest BCUT2D eigenvalue weighted by atomic mass is 32.2. The molecule has 5 nitrogen and oxygen atoms in total. The molecule has 1 amide bonds. The maximum atomic E-state index is 13.1. The van der Waals surface area contributed by atoms with Crippen LogP contribution in [0.3, 0.4) is 0 Å². The Labute approximate surface area is 161 Å². The van der Waals surface area contributed by atoms with Gasteiger partial charge in [0.2, 0.25) is 10.0 Å². The second-order valence-corrected chi connectivity index (χ2v) is 8.85. The molecule has 0 spiro atoms. The summed E-state index contributed by atoms with van der Waals surface area (Å²) in [6, 6.07) is 12.2. The molecule has 3 rings (SSSR count). The number of carbonyl (C=O) groups is 1. The van der Waals surface area contributed by atoms with E-state index in [1.807, 2.05) is 11.0 Å².